The lowest BCUT2D eigenvalue weighted by Gasteiger charge is -2.30. The van der Waals surface area contributed by atoms with Gasteiger partial charge in [0.2, 0.25) is 5.91 Å². The number of imidazole rings is 1. The number of hydrogen-bond acceptors (Lipinski definition) is 3. The highest BCUT2D eigenvalue weighted by atomic mass is 32.2. The molecular formula is C31H32F2N4O2S. The van der Waals surface area contributed by atoms with Crippen LogP contribution in [0, 0.1) is 11.6 Å². The first-order chi connectivity index (χ1) is 19.3. The molecule has 1 aliphatic carbocycles. The SMILES string of the molecule is CC(CC(=O)N(Cc1nccn1C)c1ccc2c(c1)C(NS(=O)c1cccc(F)c1)CCC2)c1ccc(F)cc1. The van der Waals surface area contributed by atoms with Gasteiger partial charge in [0.15, 0.2) is 0 Å². The normalized spacial score (nSPS) is 16.2. The fourth-order valence-electron chi connectivity index (χ4n) is 5.15. The van der Waals surface area contributed by atoms with Crippen LogP contribution in [0.5, 0.6) is 0 Å². The minimum atomic E-state index is -1.60. The second kappa shape index (κ2) is 12.2. The number of anilines is 1. The van der Waals surface area contributed by atoms with Crippen LogP contribution in [0.2, 0.25) is 0 Å². The second-order valence-electron chi connectivity index (χ2n) is 10.3. The van der Waals surface area contributed by atoms with E-state index in [0.29, 0.717) is 4.90 Å². The summed E-state index contributed by atoms with van der Waals surface area (Å²) in [6.07, 6.45) is 6.36. The molecule has 6 nitrogen and oxygen atoms in total. The molecule has 3 aromatic carbocycles. The summed E-state index contributed by atoms with van der Waals surface area (Å²) in [6, 6.07) is 17.8. The Morgan fingerprint density at radius 2 is 1.93 bits per heavy atom. The highest BCUT2D eigenvalue weighted by Gasteiger charge is 2.26. The van der Waals surface area contributed by atoms with Crippen LogP contribution in [0.1, 0.15) is 60.7 Å². The maximum absolute atomic E-state index is 13.8. The van der Waals surface area contributed by atoms with Crippen LogP contribution in [0.4, 0.5) is 14.5 Å². The first kappa shape index (κ1) is 27.9. The van der Waals surface area contributed by atoms with Crippen LogP contribution in [0.25, 0.3) is 0 Å². The Kier molecular flexibility index (Phi) is 8.52. The molecule has 1 aliphatic rings. The molecular weight excluding hydrogens is 530 g/mol. The van der Waals surface area contributed by atoms with Crippen molar-refractivity contribution in [3.8, 4) is 0 Å². The third-order valence-electron chi connectivity index (χ3n) is 7.46. The molecule has 3 atom stereocenters. The number of nitrogens with zero attached hydrogens (tertiary/aromatic N) is 3. The molecule has 5 rings (SSSR count). The summed E-state index contributed by atoms with van der Waals surface area (Å²) in [6.45, 7) is 2.24. The number of fused-ring (bicyclic) bond motifs is 1. The van der Waals surface area contributed by atoms with E-state index < -0.39 is 16.8 Å². The molecule has 1 aromatic heterocycles. The Bertz CT molecular complexity index is 1520. The molecule has 40 heavy (non-hydrogen) atoms. The average Bonchev–Trinajstić information content (AvgIpc) is 3.36. The van der Waals surface area contributed by atoms with Gasteiger partial charge in [-0.2, -0.15) is 0 Å². The summed E-state index contributed by atoms with van der Waals surface area (Å²) in [5.41, 5.74) is 3.73. The van der Waals surface area contributed by atoms with Gasteiger partial charge in [-0.25, -0.2) is 22.7 Å². The van der Waals surface area contributed by atoms with Crippen molar-refractivity contribution in [2.75, 3.05) is 4.90 Å². The summed E-state index contributed by atoms with van der Waals surface area (Å²) in [5, 5.41) is 0. The number of hydrogen-bond donors (Lipinski definition) is 1. The zero-order valence-electron chi connectivity index (χ0n) is 22.5. The fourth-order valence-corrected chi connectivity index (χ4v) is 6.21. The average molecular weight is 563 g/mol. The maximum atomic E-state index is 13.8. The van der Waals surface area contributed by atoms with Crippen molar-refractivity contribution in [1.29, 1.82) is 0 Å². The van der Waals surface area contributed by atoms with Crippen LogP contribution < -0.4 is 9.62 Å². The van der Waals surface area contributed by atoms with Gasteiger partial charge in [-0.3, -0.25) is 4.79 Å². The molecule has 0 saturated heterocycles. The predicted molar refractivity (Wildman–Crippen MR) is 152 cm³/mol. The molecule has 0 fully saturated rings. The van der Waals surface area contributed by atoms with Crippen LogP contribution in [0.15, 0.2) is 84.0 Å². The minimum absolute atomic E-state index is 0.0802. The smallest absolute Gasteiger partial charge is 0.228 e. The van der Waals surface area contributed by atoms with Crippen LogP contribution >= 0.6 is 0 Å². The molecule has 4 aromatic rings. The number of nitrogens with one attached hydrogen (secondary N) is 1. The summed E-state index contributed by atoms with van der Waals surface area (Å²) in [7, 11) is 0.294. The van der Waals surface area contributed by atoms with E-state index in [4.69, 9.17) is 0 Å². The number of amides is 1. The minimum Gasteiger partial charge on any atom is -0.337 e. The highest BCUT2D eigenvalue weighted by Crippen LogP contribution is 2.34. The Morgan fingerprint density at radius 1 is 1.12 bits per heavy atom. The van der Waals surface area contributed by atoms with E-state index in [1.54, 1.807) is 35.4 Å². The topological polar surface area (TPSA) is 67.2 Å². The van der Waals surface area contributed by atoms with E-state index in [1.165, 1.54) is 24.3 Å². The summed E-state index contributed by atoms with van der Waals surface area (Å²) in [5.74, 6) is -0.199. The van der Waals surface area contributed by atoms with Gasteiger partial charge in [0.05, 0.1) is 11.4 Å². The number of benzene rings is 3. The molecule has 0 aliphatic heterocycles. The van der Waals surface area contributed by atoms with Gasteiger partial charge in [0.1, 0.15) is 28.4 Å². The second-order valence-corrected chi connectivity index (χ2v) is 11.5. The van der Waals surface area contributed by atoms with Crippen LogP contribution in [-0.4, -0.2) is 19.7 Å². The molecule has 3 unspecified atom stereocenters. The Hall–Kier alpha value is -3.69. The molecule has 0 spiro atoms. The molecule has 1 amide bonds. The number of carbonyl (C=O) groups is 1. The van der Waals surface area contributed by atoms with E-state index in [2.05, 4.69) is 9.71 Å². The number of aryl methyl sites for hydroxylation is 2. The van der Waals surface area contributed by atoms with E-state index in [-0.39, 0.29) is 36.6 Å². The Labute approximate surface area is 235 Å². The molecule has 0 bridgehead atoms. The van der Waals surface area contributed by atoms with Crippen molar-refractivity contribution < 1.29 is 17.8 Å². The molecule has 9 heteroatoms. The van der Waals surface area contributed by atoms with Crippen LogP contribution in [0.3, 0.4) is 0 Å². The Balaban J connectivity index is 1.43. The first-order valence-corrected chi connectivity index (χ1v) is 14.5. The summed E-state index contributed by atoms with van der Waals surface area (Å²) >= 11 is 0. The van der Waals surface area contributed by atoms with Crippen molar-refractivity contribution in [1.82, 2.24) is 14.3 Å². The number of aromatic nitrogens is 2. The van der Waals surface area contributed by atoms with Crippen molar-refractivity contribution in [3.05, 3.63) is 113 Å². The lowest BCUT2D eigenvalue weighted by atomic mass is 9.87. The first-order valence-electron chi connectivity index (χ1n) is 13.4. The predicted octanol–water partition coefficient (Wildman–Crippen LogP) is 6.12. The third kappa shape index (κ3) is 6.37. The number of rotatable bonds is 9. The Morgan fingerprint density at radius 3 is 2.65 bits per heavy atom. The lowest BCUT2D eigenvalue weighted by molar-refractivity contribution is -0.119. The largest absolute Gasteiger partial charge is 0.337 e. The van der Waals surface area contributed by atoms with Gasteiger partial charge in [0.25, 0.3) is 0 Å². The van der Waals surface area contributed by atoms with Gasteiger partial charge < -0.3 is 9.47 Å². The molecule has 0 saturated carbocycles. The molecule has 1 N–H and O–H groups in total. The number of halogens is 2. The molecule has 0 radical (unpaired) electrons. The van der Waals surface area contributed by atoms with Gasteiger partial charge in [-0.1, -0.05) is 31.2 Å². The highest BCUT2D eigenvalue weighted by molar-refractivity contribution is 7.83. The van der Waals surface area contributed by atoms with Gasteiger partial charge in [-0.15, -0.1) is 0 Å². The maximum Gasteiger partial charge on any atom is 0.228 e. The molecule has 208 valence electrons. The van der Waals surface area contributed by atoms with E-state index in [1.807, 2.05) is 42.9 Å². The third-order valence-corrected chi connectivity index (χ3v) is 8.64. The monoisotopic (exact) mass is 562 g/mol. The lowest BCUT2D eigenvalue weighted by Crippen LogP contribution is -2.33. The quantitative estimate of drug-likeness (QED) is 0.268. The van der Waals surface area contributed by atoms with E-state index >= 15 is 0 Å². The van der Waals surface area contributed by atoms with Crippen LogP contribution in [-0.2, 0) is 35.8 Å². The van der Waals surface area contributed by atoms with E-state index in [9.17, 15) is 17.8 Å². The fraction of sp³-hybridized carbons (Fsp3) is 0.290. The van der Waals surface area contributed by atoms with Crippen molar-refractivity contribution in [2.24, 2.45) is 7.05 Å². The summed E-state index contributed by atoms with van der Waals surface area (Å²) < 4.78 is 45.3. The van der Waals surface area contributed by atoms with Gasteiger partial charge in [-0.05, 0) is 84.3 Å². The van der Waals surface area contributed by atoms with Crippen molar-refractivity contribution >= 4 is 22.6 Å². The van der Waals surface area contributed by atoms with Crippen molar-refractivity contribution in [2.45, 2.75) is 56.0 Å². The molecule has 1 heterocycles. The van der Waals surface area contributed by atoms with E-state index in [0.717, 1.165) is 47.5 Å². The number of carbonyl (C=O) groups excluding carboxylic acids is 1. The van der Waals surface area contributed by atoms with Gasteiger partial charge in [0, 0.05) is 37.6 Å². The zero-order chi connectivity index (χ0) is 28.2. The standard InChI is InChI=1S/C31H32F2N4O2S/c1-21(22-9-12-24(32)13-10-22)17-31(38)37(20-30-34-15-16-36(30)2)26-14-11-23-5-3-8-29(28(23)19-26)35-40(39)27-7-4-6-25(33)18-27/h4,6-7,9-16,18-19,21,29,35H,3,5,8,17,20H2,1-2H3. The van der Waals surface area contributed by atoms with Crippen molar-refractivity contribution in [3.63, 3.8) is 0 Å². The zero-order valence-corrected chi connectivity index (χ0v) is 23.3. The van der Waals surface area contributed by atoms with Gasteiger partial charge >= 0.3 is 0 Å². The summed E-state index contributed by atoms with van der Waals surface area (Å²) in [4.78, 5) is 20.3.